The molecular formula is C13H15BrFNO2. The molecule has 5 heteroatoms. The number of hydrogen-bond donors (Lipinski definition) is 0. The zero-order valence-corrected chi connectivity index (χ0v) is 11.9. The topological polar surface area (TPSA) is 29.5 Å². The Hall–Kier alpha value is -0.940. The Bertz CT molecular complexity index is 466. The monoisotopic (exact) mass is 315 g/mol. The lowest BCUT2D eigenvalue weighted by Gasteiger charge is -2.17. The predicted octanol–water partition coefficient (Wildman–Crippen LogP) is 2.41. The molecular weight excluding hydrogens is 301 g/mol. The van der Waals surface area contributed by atoms with Gasteiger partial charge in [-0.15, -0.1) is 0 Å². The number of halogens is 2. The Morgan fingerprint density at radius 3 is 2.83 bits per heavy atom. The number of benzene rings is 1. The number of nitrogens with zero attached hydrogens (tertiary/aromatic N) is 1. The predicted molar refractivity (Wildman–Crippen MR) is 69.8 cm³/mol. The van der Waals surface area contributed by atoms with E-state index >= 15 is 0 Å². The first kappa shape index (κ1) is 13.5. The van der Waals surface area contributed by atoms with Crippen LogP contribution in [0.4, 0.5) is 4.39 Å². The number of rotatable bonds is 2. The van der Waals surface area contributed by atoms with Gasteiger partial charge in [-0.25, -0.2) is 4.39 Å². The third-order valence-corrected chi connectivity index (χ3v) is 3.99. The van der Waals surface area contributed by atoms with E-state index in [2.05, 4.69) is 20.8 Å². The first-order valence-corrected chi connectivity index (χ1v) is 6.53. The molecule has 18 heavy (non-hydrogen) atoms. The molecule has 2 atom stereocenters. The number of ether oxygens (including phenoxy) is 1. The normalized spacial score (nSPS) is 24.2. The van der Waals surface area contributed by atoms with E-state index in [1.807, 2.05) is 7.05 Å². The Balaban J connectivity index is 2.29. The van der Waals surface area contributed by atoms with Crippen LogP contribution in [0.1, 0.15) is 11.5 Å². The lowest BCUT2D eigenvalue weighted by atomic mass is 9.89. The molecule has 1 saturated heterocycles. The van der Waals surface area contributed by atoms with Crippen LogP contribution in [0.25, 0.3) is 0 Å². The highest BCUT2D eigenvalue weighted by Gasteiger charge is 2.37. The van der Waals surface area contributed by atoms with Gasteiger partial charge in [-0.2, -0.15) is 0 Å². The molecule has 0 spiro atoms. The Kier molecular flexibility index (Phi) is 4.02. The van der Waals surface area contributed by atoms with Crippen molar-refractivity contribution in [3.05, 3.63) is 34.1 Å². The summed E-state index contributed by atoms with van der Waals surface area (Å²) in [6.45, 7) is 1.45. The fourth-order valence-corrected chi connectivity index (χ4v) is 2.87. The average Bonchev–Trinajstić information content (AvgIpc) is 2.74. The Morgan fingerprint density at radius 1 is 1.50 bits per heavy atom. The van der Waals surface area contributed by atoms with E-state index in [0.29, 0.717) is 11.0 Å². The SMILES string of the molecule is COC(=O)C1CN(C)CC1c1ccc(F)c(Br)c1. The first-order chi connectivity index (χ1) is 8.52. The molecule has 1 aromatic rings. The molecule has 1 aromatic carbocycles. The second kappa shape index (κ2) is 5.36. The van der Waals surface area contributed by atoms with Crippen LogP contribution < -0.4 is 0 Å². The molecule has 1 fully saturated rings. The number of methoxy groups -OCH3 is 1. The van der Waals surface area contributed by atoms with Gasteiger partial charge in [0.2, 0.25) is 0 Å². The van der Waals surface area contributed by atoms with Crippen molar-refractivity contribution in [2.75, 3.05) is 27.2 Å². The van der Waals surface area contributed by atoms with E-state index in [-0.39, 0.29) is 23.6 Å². The second-order valence-corrected chi connectivity index (χ2v) is 5.49. The summed E-state index contributed by atoms with van der Waals surface area (Å²) in [7, 11) is 3.37. The fourth-order valence-electron chi connectivity index (χ4n) is 2.47. The molecule has 0 amide bonds. The molecule has 0 radical (unpaired) electrons. The standard InChI is InChI=1S/C13H15BrFNO2/c1-16-6-9(10(7-16)13(17)18-2)8-3-4-12(15)11(14)5-8/h3-5,9-10H,6-7H2,1-2H3. The molecule has 0 bridgehead atoms. The molecule has 0 saturated carbocycles. The number of carbonyl (C=O) groups is 1. The Morgan fingerprint density at radius 2 is 2.22 bits per heavy atom. The molecule has 2 unspecified atom stereocenters. The van der Waals surface area contributed by atoms with Crippen molar-refractivity contribution < 1.29 is 13.9 Å². The minimum atomic E-state index is -0.292. The first-order valence-electron chi connectivity index (χ1n) is 5.74. The summed E-state index contributed by atoms with van der Waals surface area (Å²) in [4.78, 5) is 13.8. The van der Waals surface area contributed by atoms with Gasteiger partial charge in [0, 0.05) is 19.0 Å². The lowest BCUT2D eigenvalue weighted by Crippen LogP contribution is -2.23. The minimum absolute atomic E-state index is 0.0550. The average molecular weight is 316 g/mol. The summed E-state index contributed by atoms with van der Waals surface area (Å²) in [5.74, 6) is -0.624. The molecule has 98 valence electrons. The molecule has 3 nitrogen and oxygen atoms in total. The fraction of sp³-hybridized carbons (Fsp3) is 0.462. The summed E-state index contributed by atoms with van der Waals surface area (Å²) in [6, 6.07) is 4.90. The van der Waals surface area contributed by atoms with Gasteiger partial charge in [-0.05, 0) is 40.7 Å². The molecule has 1 heterocycles. The molecule has 2 rings (SSSR count). The van der Waals surface area contributed by atoms with Gasteiger partial charge in [0.25, 0.3) is 0 Å². The highest BCUT2D eigenvalue weighted by atomic mass is 79.9. The van der Waals surface area contributed by atoms with E-state index < -0.39 is 0 Å². The molecule has 1 aliphatic rings. The zero-order chi connectivity index (χ0) is 13.3. The Labute approximate surface area is 114 Å². The molecule has 0 N–H and O–H groups in total. The van der Waals surface area contributed by atoms with Crippen LogP contribution in [0, 0.1) is 11.7 Å². The van der Waals surface area contributed by atoms with Crippen LogP contribution in [0.3, 0.4) is 0 Å². The van der Waals surface area contributed by atoms with E-state index in [0.717, 1.165) is 12.1 Å². The van der Waals surface area contributed by atoms with Gasteiger partial charge in [-0.3, -0.25) is 4.79 Å². The largest absolute Gasteiger partial charge is 0.469 e. The van der Waals surface area contributed by atoms with Gasteiger partial charge >= 0.3 is 5.97 Å². The number of hydrogen-bond acceptors (Lipinski definition) is 3. The molecule has 0 aromatic heterocycles. The van der Waals surface area contributed by atoms with E-state index in [1.165, 1.54) is 13.2 Å². The maximum absolute atomic E-state index is 13.2. The molecule has 0 aliphatic carbocycles. The number of carbonyl (C=O) groups excluding carboxylic acids is 1. The zero-order valence-electron chi connectivity index (χ0n) is 10.3. The van der Waals surface area contributed by atoms with Crippen LogP contribution in [0.5, 0.6) is 0 Å². The van der Waals surface area contributed by atoms with Crippen LogP contribution >= 0.6 is 15.9 Å². The summed E-state index contributed by atoms with van der Waals surface area (Å²) >= 11 is 3.18. The van der Waals surface area contributed by atoms with Crippen LogP contribution in [0.2, 0.25) is 0 Å². The smallest absolute Gasteiger partial charge is 0.310 e. The van der Waals surface area contributed by atoms with Crippen LogP contribution in [-0.2, 0) is 9.53 Å². The van der Waals surface area contributed by atoms with Crippen LogP contribution in [0.15, 0.2) is 22.7 Å². The van der Waals surface area contributed by atoms with Crippen molar-refractivity contribution in [1.29, 1.82) is 0 Å². The maximum Gasteiger partial charge on any atom is 0.310 e. The highest BCUT2D eigenvalue weighted by molar-refractivity contribution is 9.10. The van der Waals surface area contributed by atoms with Crippen molar-refractivity contribution in [3.8, 4) is 0 Å². The third-order valence-electron chi connectivity index (χ3n) is 3.38. The van der Waals surface area contributed by atoms with Crippen LogP contribution in [-0.4, -0.2) is 38.1 Å². The minimum Gasteiger partial charge on any atom is -0.469 e. The van der Waals surface area contributed by atoms with Crippen molar-refractivity contribution in [3.63, 3.8) is 0 Å². The summed E-state index contributed by atoms with van der Waals surface area (Å²) < 4.78 is 18.5. The van der Waals surface area contributed by atoms with E-state index in [9.17, 15) is 9.18 Å². The second-order valence-electron chi connectivity index (χ2n) is 4.63. The van der Waals surface area contributed by atoms with Crippen molar-refractivity contribution in [1.82, 2.24) is 4.90 Å². The highest BCUT2D eigenvalue weighted by Crippen LogP contribution is 2.34. The van der Waals surface area contributed by atoms with E-state index in [1.54, 1.807) is 12.1 Å². The summed E-state index contributed by atoms with van der Waals surface area (Å²) in [6.07, 6.45) is 0. The van der Waals surface area contributed by atoms with E-state index in [4.69, 9.17) is 4.74 Å². The van der Waals surface area contributed by atoms with Crippen molar-refractivity contribution in [2.24, 2.45) is 5.92 Å². The third kappa shape index (κ3) is 2.57. The lowest BCUT2D eigenvalue weighted by molar-refractivity contribution is -0.145. The summed E-state index contributed by atoms with van der Waals surface area (Å²) in [5.41, 5.74) is 0.961. The van der Waals surface area contributed by atoms with Gasteiger partial charge in [0.05, 0.1) is 17.5 Å². The molecule has 1 aliphatic heterocycles. The number of esters is 1. The van der Waals surface area contributed by atoms with Gasteiger partial charge in [0.1, 0.15) is 5.82 Å². The van der Waals surface area contributed by atoms with Gasteiger partial charge in [-0.1, -0.05) is 6.07 Å². The van der Waals surface area contributed by atoms with Crippen molar-refractivity contribution >= 4 is 21.9 Å². The maximum atomic E-state index is 13.2. The quantitative estimate of drug-likeness (QED) is 0.785. The number of likely N-dealkylation sites (tertiary alicyclic amines) is 1. The number of likely N-dealkylation sites (N-methyl/N-ethyl adjacent to an activating group) is 1. The van der Waals surface area contributed by atoms with Crippen molar-refractivity contribution in [2.45, 2.75) is 5.92 Å². The van der Waals surface area contributed by atoms with Gasteiger partial charge < -0.3 is 9.64 Å². The van der Waals surface area contributed by atoms with Gasteiger partial charge in [0.15, 0.2) is 0 Å². The summed E-state index contributed by atoms with van der Waals surface area (Å²) in [5, 5.41) is 0.